The molecule has 2 aromatic rings. The van der Waals surface area contributed by atoms with Crippen molar-refractivity contribution in [2.75, 3.05) is 13.7 Å². The van der Waals surface area contributed by atoms with Crippen LogP contribution in [-0.2, 0) is 21.6 Å². The molecule has 1 spiro atoms. The van der Waals surface area contributed by atoms with Gasteiger partial charge in [-0.3, -0.25) is 4.79 Å². The summed E-state index contributed by atoms with van der Waals surface area (Å²) < 4.78 is 12.4. The molecule has 1 fully saturated rings. The molecule has 1 atom stereocenters. The minimum absolute atomic E-state index is 0.0168. The van der Waals surface area contributed by atoms with Gasteiger partial charge in [-0.25, -0.2) is 0 Å². The molecule has 2 aliphatic rings. The van der Waals surface area contributed by atoms with Crippen LogP contribution in [0.4, 0.5) is 0 Å². The SMILES string of the molecule is COc1ccc(CN2C(=O)C3(CC=CC3)OCC2(C)c2cc(Cl)cc(Br)c2)cc1. The second-order valence-electron chi connectivity index (χ2n) is 7.83. The summed E-state index contributed by atoms with van der Waals surface area (Å²) in [6.45, 7) is 2.93. The molecule has 29 heavy (non-hydrogen) atoms. The first-order valence-corrected chi connectivity index (χ1v) is 10.7. The monoisotopic (exact) mass is 475 g/mol. The van der Waals surface area contributed by atoms with Crippen molar-refractivity contribution in [3.05, 3.63) is 75.2 Å². The van der Waals surface area contributed by atoms with E-state index in [0.717, 1.165) is 21.3 Å². The van der Waals surface area contributed by atoms with Crippen LogP contribution in [0.1, 0.15) is 30.9 Å². The third-order valence-electron chi connectivity index (χ3n) is 5.91. The number of morpholine rings is 1. The summed E-state index contributed by atoms with van der Waals surface area (Å²) in [5, 5.41) is 0.621. The first-order valence-electron chi connectivity index (χ1n) is 9.57. The Morgan fingerprint density at radius 1 is 1.17 bits per heavy atom. The molecule has 1 saturated heterocycles. The van der Waals surface area contributed by atoms with Crippen LogP contribution in [0.2, 0.25) is 5.02 Å². The zero-order valence-electron chi connectivity index (χ0n) is 16.5. The summed E-state index contributed by atoms with van der Waals surface area (Å²) in [5.74, 6) is 0.809. The summed E-state index contributed by atoms with van der Waals surface area (Å²) in [6, 6.07) is 13.6. The summed E-state index contributed by atoms with van der Waals surface area (Å²) >= 11 is 9.86. The van der Waals surface area contributed by atoms with Crippen LogP contribution in [-0.4, -0.2) is 30.1 Å². The van der Waals surface area contributed by atoms with Crippen molar-refractivity contribution in [1.82, 2.24) is 4.90 Å². The first kappa shape index (κ1) is 20.5. The number of hydrogen-bond acceptors (Lipinski definition) is 3. The number of hydrogen-bond donors (Lipinski definition) is 0. The standard InChI is InChI=1S/C23H23BrClNO3/c1-22(17-11-18(24)13-19(25)12-17)15-29-23(9-3-4-10-23)21(27)26(22)14-16-5-7-20(28-2)8-6-16/h3-8,11-13H,9-10,14-15H2,1-2H3. The molecule has 0 saturated carbocycles. The molecule has 152 valence electrons. The Hall–Kier alpha value is -1.82. The highest BCUT2D eigenvalue weighted by molar-refractivity contribution is 9.10. The lowest BCUT2D eigenvalue weighted by Gasteiger charge is -2.51. The van der Waals surface area contributed by atoms with E-state index in [0.29, 0.717) is 31.0 Å². The zero-order chi connectivity index (χ0) is 20.6. The quantitative estimate of drug-likeness (QED) is 0.549. The van der Waals surface area contributed by atoms with Crippen LogP contribution in [0.3, 0.4) is 0 Å². The van der Waals surface area contributed by atoms with Gasteiger partial charge in [0.15, 0.2) is 5.60 Å². The summed E-state index contributed by atoms with van der Waals surface area (Å²) in [7, 11) is 1.64. The predicted octanol–water partition coefficient (Wildman–Crippen LogP) is 5.47. The van der Waals surface area contributed by atoms with Gasteiger partial charge in [0, 0.05) is 28.9 Å². The van der Waals surface area contributed by atoms with Gasteiger partial charge in [0.2, 0.25) is 0 Å². The van der Waals surface area contributed by atoms with Crippen molar-refractivity contribution < 1.29 is 14.3 Å². The Balaban J connectivity index is 1.75. The van der Waals surface area contributed by atoms with Gasteiger partial charge in [0.1, 0.15) is 5.75 Å². The van der Waals surface area contributed by atoms with E-state index < -0.39 is 11.1 Å². The molecule has 6 heteroatoms. The Kier molecular flexibility index (Phi) is 5.49. The molecular formula is C23H23BrClNO3. The number of ether oxygens (including phenoxy) is 2. The fourth-order valence-electron chi connectivity index (χ4n) is 4.08. The smallest absolute Gasteiger partial charge is 0.256 e. The maximum atomic E-state index is 13.7. The lowest BCUT2D eigenvalue weighted by molar-refractivity contribution is -0.193. The van der Waals surface area contributed by atoms with Gasteiger partial charge in [-0.1, -0.05) is 51.8 Å². The number of carbonyl (C=O) groups is 1. The predicted molar refractivity (Wildman–Crippen MR) is 117 cm³/mol. The van der Waals surface area contributed by atoms with E-state index >= 15 is 0 Å². The lowest BCUT2D eigenvalue weighted by atomic mass is 9.84. The largest absolute Gasteiger partial charge is 0.497 e. The van der Waals surface area contributed by atoms with Crippen LogP contribution >= 0.6 is 27.5 Å². The lowest BCUT2D eigenvalue weighted by Crippen LogP contribution is -2.63. The van der Waals surface area contributed by atoms with Gasteiger partial charge in [-0.05, 0) is 48.4 Å². The average Bonchev–Trinajstić information content (AvgIpc) is 3.18. The van der Waals surface area contributed by atoms with Crippen LogP contribution in [0.25, 0.3) is 0 Å². The Morgan fingerprint density at radius 3 is 2.48 bits per heavy atom. The van der Waals surface area contributed by atoms with Gasteiger partial charge in [0.05, 0.1) is 19.3 Å². The maximum absolute atomic E-state index is 13.7. The van der Waals surface area contributed by atoms with Crippen LogP contribution in [0.5, 0.6) is 5.75 Å². The van der Waals surface area contributed by atoms with Crippen LogP contribution in [0.15, 0.2) is 59.1 Å². The number of benzene rings is 2. The van der Waals surface area contributed by atoms with E-state index in [-0.39, 0.29) is 5.91 Å². The third-order valence-corrected chi connectivity index (χ3v) is 6.58. The van der Waals surface area contributed by atoms with Gasteiger partial charge < -0.3 is 14.4 Å². The second-order valence-corrected chi connectivity index (χ2v) is 9.19. The number of carbonyl (C=O) groups excluding carboxylic acids is 1. The van der Waals surface area contributed by atoms with Gasteiger partial charge in [-0.15, -0.1) is 0 Å². The van der Waals surface area contributed by atoms with E-state index in [1.165, 1.54) is 0 Å². The number of halogens is 2. The van der Waals surface area contributed by atoms with Gasteiger partial charge in [0.25, 0.3) is 5.91 Å². The fourth-order valence-corrected chi connectivity index (χ4v) is 4.94. The Labute approximate surface area is 184 Å². The third kappa shape index (κ3) is 3.72. The highest BCUT2D eigenvalue weighted by atomic mass is 79.9. The topological polar surface area (TPSA) is 38.8 Å². The highest BCUT2D eigenvalue weighted by Crippen LogP contribution is 2.44. The number of rotatable bonds is 4. The van der Waals surface area contributed by atoms with E-state index in [2.05, 4.69) is 15.9 Å². The normalized spacial score (nSPS) is 23.0. The number of methoxy groups -OCH3 is 1. The molecule has 4 nitrogen and oxygen atoms in total. The second kappa shape index (κ2) is 7.78. The molecule has 1 unspecified atom stereocenters. The molecular weight excluding hydrogens is 454 g/mol. The number of amides is 1. The van der Waals surface area contributed by atoms with E-state index in [9.17, 15) is 4.79 Å². The highest BCUT2D eigenvalue weighted by Gasteiger charge is 2.53. The van der Waals surface area contributed by atoms with E-state index in [1.54, 1.807) is 7.11 Å². The summed E-state index contributed by atoms with van der Waals surface area (Å²) in [4.78, 5) is 15.7. The molecule has 0 aromatic heterocycles. The molecule has 4 rings (SSSR count). The van der Waals surface area contributed by atoms with E-state index in [4.69, 9.17) is 21.1 Å². The molecule has 0 bridgehead atoms. The summed E-state index contributed by atoms with van der Waals surface area (Å²) in [6.07, 6.45) is 5.28. The molecule has 1 heterocycles. The molecule has 1 amide bonds. The van der Waals surface area contributed by atoms with Gasteiger partial charge in [-0.2, -0.15) is 0 Å². The van der Waals surface area contributed by atoms with Gasteiger partial charge >= 0.3 is 0 Å². The van der Waals surface area contributed by atoms with Crippen LogP contribution < -0.4 is 4.74 Å². The van der Waals surface area contributed by atoms with Crippen molar-refractivity contribution in [2.45, 2.75) is 37.5 Å². The Morgan fingerprint density at radius 2 is 1.86 bits per heavy atom. The first-order chi connectivity index (χ1) is 13.9. The molecule has 2 aromatic carbocycles. The Bertz CT molecular complexity index is 931. The molecule has 1 aliphatic carbocycles. The van der Waals surface area contributed by atoms with Crippen LogP contribution in [0, 0.1) is 0 Å². The maximum Gasteiger partial charge on any atom is 0.256 e. The number of nitrogens with zero attached hydrogens (tertiary/aromatic N) is 1. The van der Waals surface area contributed by atoms with Crippen molar-refractivity contribution in [1.29, 1.82) is 0 Å². The van der Waals surface area contributed by atoms with Crippen molar-refractivity contribution in [3.8, 4) is 5.75 Å². The van der Waals surface area contributed by atoms with Crippen molar-refractivity contribution in [2.24, 2.45) is 0 Å². The zero-order valence-corrected chi connectivity index (χ0v) is 18.8. The summed E-state index contributed by atoms with van der Waals surface area (Å²) in [5.41, 5.74) is 0.550. The molecule has 0 N–H and O–H groups in total. The minimum atomic E-state index is -0.790. The average molecular weight is 477 g/mol. The van der Waals surface area contributed by atoms with Crippen molar-refractivity contribution >= 4 is 33.4 Å². The fraction of sp³-hybridized carbons (Fsp3) is 0.348. The molecule has 1 aliphatic heterocycles. The minimum Gasteiger partial charge on any atom is -0.497 e. The molecule has 0 radical (unpaired) electrons. The van der Waals surface area contributed by atoms with E-state index in [1.807, 2.05) is 66.4 Å². The van der Waals surface area contributed by atoms with Crippen molar-refractivity contribution in [3.63, 3.8) is 0 Å².